The van der Waals surface area contributed by atoms with Gasteiger partial charge in [0.2, 0.25) is 11.8 Å². The van der Waals surface area contributed by atoms with Crippen LogP contribution in [0.15, 0.2) is 18.2 Å². The summed E-state index contributed by atoms with van der Waals surface area (Å²) in [6.07, 6.45) is 5.63. The number of nitrogens with zero attached hydrogens (tertiary/aromatic N) is 1. The summed E-state index contributed by atoms with van der Waals surface area (Å²) >= 11 is 0. The first-order valence-corrected chi connectivity index (χ1v) is 10.3. The minimum atomic E-state index is -0.551. The first-order valence-electron chi connectivity index (χ1n) is 10.3. The Balaban J connectivity index is 1.24. The lowest BCUT2D eigenvalue weighted by atomic mass is 9.99. The van der Waals surface area contributed by atoms with Crippen LogP contribution in [-0.2, 0) is 22.7 Å². The molecule has 148 valence electrons. The highest BCUT2D eigenvalue weighted by atomic mass is 16.2. The molecule has 0 saturated carbocycles. The van der Waals surface area contributed by atoms with E-state index in [0.717, 1.165) is 12.1 Å². The first kappa shape index (κ1) is 17.8. The van der Waals surface area contributed by atoms with Crippen molar-refractivity contribution in [2.45, 2.75) is 75.8 Å². The van der Waals surface area contributed by atoms with Crippen LogP contribution in [0, 0.1) is 0 Å². The quantitative estimate of drug-likeness (QED) is 0.671. The molecule has 4 aliphatic rings. The van der Waals surface area contributed by atoms with Gasteiger partial charge in [0.15, 0.2) is 0 Å². The number of hydrogen-bond acceptors (Lipinski definition) is 5. The van der Waals surface area contributed by atoms with Gasteiger partial charge in [-0.05, 0) is 49.3 Å². The second-order valence-electron chi connectivity index (χ2n) is 8.58. The van der Waals surface area contributed by atoms with Gasteiger partial charge in [-0.2, -0.15) is 0 Å². The van der Waals surface area contributed by atoms with Gasteiger partial charge in [-0.1, -0.05) is 12.1 Å². The van der Waals surface area contributed by atoms with Crippen LogP contribution in [0.2, 0.25) is 0 Å². The molecule has 3 N–H and O–H groups in total. The molecule has 0 spiro atoms. The number of carbonyl (C=O) groups excluding carboxylic acids is 3. The molecule has 0 aromatic heterocycles. The van der Waals surface area contributed by atoms with Gasteiger partial charge in [0.05, 0.1) is 0 Å². The van der Waals surface area contributed by atoms with Gasteiger partial charge in [-0.15, -0.1) is 0 Å². The van der Waals surface area contributed by atoms with Crippen molar-refractivity contribution in [1.82, 2.24) is 20.9 Å². The number of nitrogens with one attached hydrogen (secondary N) is 3. The number of benzene rings is 1. The van der Waals surface area contributed by atoms with Crippen LogP contribution in [0.5, 0.6) is 0 Å². The minimum Gasteiger partial charge on any atom is -0.322 e. The van der Waals surface area contributed by atoms with Crippen LogP contribution in [0.1, 0.15) is 60.0 Å². The van der Waals surface area contributed by atoms with Crippen LogP contribution < -0.4 is 16.0 Å². The average Bonchev–Trinajstić information content (AvgIpc) is 3.19. The van der Waals surface area contributed by atoms with E-state index in [1.54, 1.807) is 4.90 Å². The van der Waals surface area contributed by atoms with E-state index in [0.29, 0.717) is 36.7 Å². The largest absolute Gasteiger partial charge is 0.322 e. The molecule has 5 rings (SSSR count). The van der Waals surface area contributed by atoms with Gasteiger partial charge in [-0.3, -0.25) is 19.7 Å². The van der Waals surface area contributed by atoms with E-state index in [2.05, 4.69) is 22.0 Å². The third kappa shape index (κ3) is 3.22. The molecule has 1 aromatic rings. The average molecular weight is 382 g/mol. The number of imide groups is 1. The number of rotatable bonds is 4. The van der Waals surface area contributed by atoms with Crippen molar-refractivity contribution in [2.24, 2.45) is 0 Å². The summed E-state index contributed by atoms with van der Waals surface area (Å²) in [5.74, 6) is -0.733. The molecule has 3 fully saturated rings. The highest BCUT2D eigenvalue weighted by Gasteiger charge is 2.39. The number of hydrogen-bond donors (Lipinski definition) is 3. The third-order valence-electron chi connectivity index (χ3n) is 6.66. The maximum atomic E-state index is 12.8. The fourth-order valence-corrected chi connectivity index (χ4v) is 5.22. The SMILES string of the molecule is O=C1CCC(N2Cc3cc(CNC4C[C@H]5CC[C@@H](C4)N5)ccc3C2=O)C(=O)N1. The molecule has 28 heavy (non-hydrogen) atoms. The maximum Gasteiger partial charge on any atom is 0.255 e. The Morgan fingerprint density at radius 1 is 1.07 bits per heavy atom. The summed E-state index contributed by atoms with van der Waals surface area (Å²) in [5, 5.41) is 9.70. The molecule has 4 aliphatic heterocycles. The zero-order valence-electron chi connectivity index (χ0n) is 15.9. The second kappa shape index (κ2) is 6.97. The zero-order valence-corrected chi connectivity index (χ0v) is 15.9. The van der Waals surface area contributed by atoms with Crippen LogP contribution in [0.3, 0.4) is 0 Å². The molecular formula is C21H26N4O3. The molecule has 2 bridgehead atoms. The van der Waals surface area contributed by atoms with E-state index >= 15 is 0 Å². The molecule has 1 aromatic carbocycles. The van der Waals surface area contributed by atoms with Crippen molar-refractivity contribution in [3.63, 3.8) is 0 Å². The van der Waals surface area contributed by atoms with E-state index in [9.17, 15) is 14.4 Å². The van der Waals surface area contributed by atoms with Crippen molar-refractivity contribution in [1.29, 1.82) is 0 Å². The molecule has 3 amide bonds. The van der Waals surface area contributed by atoms with Crippen LogP contribution in [0.25, 0.3) is 0 Å². The predicted molar refractivity (Wildman–Crippen MR) is 102 cm³/mol. The lowest BCUT2D eigenvalue weighted by Gasteiger charge is -2.30. The molecule has 4 heterocycles. The normalized spacial score (nSPS) is 31.9. The van der Waals surface area contributed by atoms with Gasteiger partial charge in [0.1, 0.15) is 6.04 Å². The van der Waals surface area contributed by atoms with Gasteiger partial charge < -0.3 is 15.5 Å². The minimum absolute atomic E-state index is 0.112. The number of amides is 3. The molecule has 7 heteroatoms. The Kier molecular flexibility index (Phi) is 4.44. The fraction of sp³-hybridized carbons (Fsp3) is 0.571. The van der Waals surface area contributed by atoms with Gasteiger partial charge in [0.25, 0.3) is 5.91 Å². The molecule has 3 saturated heterocycles. The van der Waals surface area contributed by atoms with Crippen molar-refractivity contribution in [2.75, 3.05) is 0 Å². The topological polar surface area (TPSA) is 90.5 Å². The Hall–Kier alpha value is -2.25. The third-order valence-corrected chi connectivity index (χ3v) is 6.66. The van der Waals surface area contributed by atoms with Crippen molar-refractivity contribution < 1.29 is 14.4 Å². The van der Waals surface area contributed by atoms with Crippen LogP contribution in [0.4, 0.5) is 0 Å². The first-order chi connectivity index (χ1) is 13.6. The lowest BCUT2D eigenvalue weighted by Crippen LogP contribution is -2.52. The Labute approximate surface area is 164 Å². The highest BCUT2D eigenvalue weighted by molar-refractivity contribution is 6.05. The molecule has 7 nitrogen and oxygen atoms in total. The van der Waals surface area contributed by atoms with Crippen molar-refractivity contribution in [3.8, 4) is 0 Å². The Bertz CT molecular complexity index is 827. The summed E-state index contributed by atoms with van der Waals surface area (Å²) in [7, 11) is 0. The summed E-state index contributed by atoms with van der Waals surface area (Å²) in [6, 6.07) is 7.30. The lowest BCUT2D eigenvalue weighted by molar-refractivity contribution is -0.136. The van der Waals surface area contributed by atoms with E-state index < -0.39 is 6.04 Å². The number of carbonyl (C=O) groups is 3. The van der Waals surface area contributed by atoms with Crippen LogP contribution in [-0.4, -0.2) is 46.8 Å². The summed E-state index contributed by atoms with van der Waals surface area (Å²) in [5.41, 5.74) is 2.82. The van der Waals surface area contributed by atoms with E-state index in [4.69, 9.17) is 0 Å². The van der Waals surface area contributed by atoms with E-state index in [1.165, 1.54) is 31.2 Å². The second-order valence-corrected chi connectivity index (χ2v) is 8.58. The number of piperidine rings is 2. The highest BCUT2D eigenvalue weighted by Crippen LogP contribution is 2.29. The summed E-state index contributed by atoms with van der Waals surface area (Å²) < 4.78 is 0. The summed E-state index contributed by atoms with van der Waals surface area (Å²) in [4.78, 5) is 37.9. The number of fused-ring (bicyclic) bond motifs is 3. The van der Waals surface area contributed by atoms with E-state index in [1.807, 2.05) is 12.1 Å². The predicted octanol–water partition coefficient (Wildman–Crippen LogP) is 0.820. The van der Waals surface area contributed by atoms with Gasteiger partial charge >= 0.3 is 0 Å². The van der Waals surface area contributed by atoms with Crippen LogP contribution >= 0.6 is 0 Å². The maximum absolute atomic E-state index is 12.8. The summed E-state index contributed by atoms with van der Waals surface area (Å²) in [6.45, 7) is 1.23. The molecular weight excluding hydrogens is 356 g/mol. The molecule has 0 radical (unpaired) electrons. The Morgan fingerprint density at radius 2 is 1.86 bits per heavy atom. The monoisotopic (exact) mass is 382 g/mol. The van der Waals surface area contributed by atoms with Crippen molar-refractivity contribution in [3.05, 3.63) is 34.9 Å². The zero-order chi connectivity index (χ0) is 19.3. The molecule has 4 atom stereocenters. The standard InChI is InChI=1S/C21H26N4O3/c26-19-6-5-18(20(27)24-19)25-11-13-7-12(1-4-17(13)21(25)28)10-22-16-8-14-2-3-15(9-16)23-14/h1,4,7,14-16,18,22-23H,2-3,5-6,8-11H2,(H,24,26,27)/t14-,15+,16?,18?. The van der Waals surface area contributed by atoms with Gasteiger partial charge in [-0.25, -0.2) is 0 Å². The Morgan fingerprint density at radius 3 is 2.61 bits per heavy atom. The smallest absolute Gasteiger partial charge is 0.255 e. The van der Waals surface area contributed by atoms with Crippen molar-refractivity contribution >= 4 is 17.7 Å². The van der Waals surface area contributed by atoms with E-state index in [-0.39, 0.29) is 24.1 Å². The molecule has 0 aliphatic carbocycles. The molecule has 2 unspecified atom stereocenters. The fourth-order valence-electron chi connectivity index (χ4n) is 5.22. The van der Waals surface area contributed by atoms with Gasteiger partial charge in [0, 0.05) is 43.2 Å².